The molecule has 29 heavy (non-hydrogen) atoms. The lowest BCUT2D eigenvalue weighted by atomic mass is 9.72. The fraction of sp³-hybridized carbons (Fsp3) is 0.720. The molecule has 3 rings (SSSR count). The minimum atomic E-state index is 0.0217. The molecule has 1 amide bonds. The highest BCUT2D eigenvalue weighted by molar-refractivity contribution is 5.93. The maximum Gasteiger partial charge on any atom is 0.253 e. The molecule has 2 aliphatic rings. The van der Waals surface area contributed by atoms with Crippen molar-refractivity contribution in [1.82, 2.24) is 4.90 Å². The van der Waals surface area contributed by atoms with Crippen molar-refractivity contribution >= 4 is 5.91 Å². The summed E-state index contributed by atoms with van der Waals surface area (Å²) in [4.78, 5) is 13.5. The van der Waals surface area contributed by atoms with Crippen LogP contribution < -0.4 is 4.74 Å². The van der Waals surface area contributed by atoms with E-state index in [1.54, 1.807) is 19.0 Å². The Bertz CT molecular complexity index is 657. The number of amides is 1. The first-order valence-corrected chi connectivity index (χ1v) is 11.4. The summed E-state index contributed by atoms with van der Waals surface area (Å²) in [6, 6.07) is 7.45. The van der Waals surface area contributed by atoms with Crippen molar-refractivity contribution in [2.45, 2.75) is 77.2 Å². The van der Waals surface area contributed by atoms with Gasteiger partial charge in [0.15, 0.2) is 0 Å². The van der Waals surface area contributed by atoms with Crippen molar-refractivity contribution in [2.24, 2.45) is 11.3 Å². The lowest BCUT2D eigenvalue weighted by molar-refractivity contribution is -0.0365. The van der Waals surface area contributed by atoms with Crippen molar-refractivity contribution in [3.63, 3.8) is 0 Å². The minimum absolute atomic E-state index is 0.0217. The predicted molar refractivity (Wildman–Crippen MR) is 117 cm³/mol. The van der Waals surface area contributed by atoms with Crippen LogP contribution in [-0.4, -0.2) is 43.7 Å². The van der Waals surface area contributed by atoms with Crippen LogP contribution in [0.4, 0.5) is 0 Å². The van der Waals surface area contributed by atoms with E-state index in [1.165, 1.54) is 51.4 Å². The van der Waals surface area contributed by atoms with Gasteiger partial charge in [-0.3, -0.25) is 4.79 Å². The summed E-state index contributed by atoms with van der Waals surface area (Å²) in [6.45, 7) is 6.37. The van der Waals surface area contributed by atoms with Crippen molar-refractivity contribution in [3.05, 3.63) is 29.8 Å². The second kappa shape index (κ2) is 9.51. The largest absolute Gasteiger partial charge is 0.494 e. The molecule has 0 radical (unpaired) electrons. The van der Waals surface area contributed by atoms with Crippen molar-refractivity contribution < 1.29 is 14.3 Å². The van der Waals surface area contributed by atoms with Crippen LogP contribution in [0.15, 0.2) is 24.3 Å². The Labute approximate surface area is 177 Å². The molecule has 1 spiro atoms. The SMILES string of the molecule is CN(C)C(=O)c1ccc(OCCCCCC2CCC3(CC2)CC(C)(C)CO3)cc1. The number of hydrogen-bond acceptors (Lipinski definition) is 3. The number of unbranched alkanes of at least 4 members (excludes halogenated alkanes) is 2. The normalized spacial score (nSPS) is 25.9. The molecule has 0 N–H and O–H groups in total. The van der Waals surface area contributed by atoms with Crippen LogP contribution in [0.5, 0.6) is 5.75 Å². The fourth-order valence-corrected chi connectivity index (χ4v) is 4.99. The van der Waals surface area contributed by atoms with E-state index in [4.69, 9.17) is 9.47 Å². The second-order valence-electron chi connectivity index (χ2n) is 10.2. The monoisotopic (exact) mass is 401 g/mol. The van der Waals surface area contributed by atoms with E-state index in [2.05, 4.69) is 13.8 Å². The third-order valence-corrected chi connectivity index (χ3v) is 6.62. The molecule has 1 aromatic carbocycles. The van der Waals surface area contributed by atoms with E-state index in [9.17, 15) is 4.79 Å². The minimum Gasteiger partial charge on any atom is -0.494 e. The summed E-state index contributed by atoms with van der Waals surface area (Å²) in [5.41, 5.74) is 1.28. The Morgan fingerprint density at radius 1 is 1.10 bits per heavy atom. The quantitative estimate of drug-likeness (QED) is 0.524. The van der Waals surface area contributed by atoms with Gasteiger partial charge in [-0.05, 0) is 74.1 Å². The van der Waals surface area contributed by atoms with Crippen molar-refractivity contribution in [2.75, 3.05) is 27.3 Å². The summed E-state index contributed by atoms with van der Waals surface area (Å²) < 4.78 is 12.1. The van der Waals surface area contributed by atoms with E-state index < -0.39 is 0 Å². The molecule has 1 aromatic rings. The molecule has 162 valence electrons. The maximum atomic E-state index is 11.9. The van der Waals surface area contributed by atoms with Gasteiger partial charge in [-0.25, -0.2) is 0 Å². The summed E-state index contributed by atoms with van der Waals surface area (Å²) in [7, 11) is 3.53. The molecule has 0 atom stereocenters. The first kappa shape index (κ1) is 22.1. The zero-order chi connectivity index (χ0) is 20.9. The van der Waals surface area contributed by atoms with Gasteiger partial charge in [-0.1, -0.05) is 33.1 Å². The van der Waals surface area contributed by atoms with E-state index in [0.717, 1.165) is 31.3 Å². The summed E-state index contributed by atoms with van der Waals surface area (Å²) in [6.07, 6.45) is 11.4. The third-order valence-electron chi connectivity index (χ3n) is 6.62. The van der Waals surface area contributed by atoms with Gasteiger partial charge in [0.2, 0.25) is 0 Å². The van der Waals surface area contributed by atoms with Crippen LogP contribution in [0.3, 0.4) is 0 Å². The molecule has 1 aliphatic heterocycles. The van der Waals surface area contributed by atoms with Gasteiger partial charge in [0.1, 0.15) is 5.75 Å². The number of hydrogen-bond donors (Lipinski definition) is 0. The van der Waals surface area contributed by atoms with E-state index in [0.29, 0.717) is 11.0 Å². The van der Waals surface area contributed by atoms with E-state index in [-0.39, 0.29) is 11.5 Å². The molecule has 1 saturated heterocycles. The lowest BCUT2D eigenvalue weighted by Crippen LogP contribution is -2.34. The molecule has 0 aromatic heterocycles. The van der Waals surface area contributed by atoms with Crippen LogP contribution in [0, 0.1) is 11.3 Å². The zero-order valence-electron chi connectivity index (χ0n) is 18.8. The average molecular weight is 402 g/mol. The molecular formula is C25H39NO3. The van der Waals surface area contributed by atoms with Gasteiger partial charge in [0.25, 0.3) is 5.91 Å². The van der Waals surface area contributed by atoms with Gasteiger partial charge in [-0.15, -0.1) is 0 Å². The number of ether oxygens (including phenoxy) is 2. The summed E-state index contributed by atoms with van der Waals surface area (Å²) in [5.74, 6) is 1.75. The maximum absolute atomic E-state index is 11.9. The van der Waals surface area contributed by atoms with Crippen LogP contribution in [0.2, 0.25) is 0 Å². The molecule has 4 heteroatoms. The van der Waals surface area contributed by atoms with Gasteiger partial charge < -0.3 is 14.4 Å². The first-order valence-electron chi connectivity index (χ1n) is 11.4. The van der Waals surface area contributed by atoms with Crippen molar-refractivity contribution in [3.8, 4) is 5.75 Å². The number of carbonyl (C=O) groups excluding carboxylic acids is 1. The predicted octanol–water partition coefficient (Wildman–Crippen LogP) is 5.70. The average Bonchev–Trinajstić information content (AvgIpc) is 3.00. The molecule has 1 aliphatic carbocycles. The highest BCUT2D eigenvalue weighted by Crippen LogP contribution is 2.48. The molecule has 4 nitrogen and oxygen atoms in total. The summed E-state index contributed by atoms with van der Waals surface area (Å²) >= 11 is 0. The Hall–Kier alpha value is -1.55. The number of rotatable bonds is 8. The molecule has 1 heterocycles. The Morgan fingerprint density at radius 3 is 2.38 bits per heavy atom. The van der Waals surface area contributed by atoms with Gasteiger partial charge >= 0.3 is 0 Å². The standard InChI is InChI=1S/C25H39NO3/c1-24(2)18-25(29-19-24)15-13-20(14-16-25)8-6-5-7-17-28-22-11-9-21(10-12-22)23(27)26(3)4/h9-12,20H,5-8,13-19H2,1-4H3. The number of carbonyl (C=O) groups is 1. The molecule has 1 saturated carbocycles. The van der Waals surface area contributed by atoms with Crippen LogP contribution in [-0.2, 0) is 4.74 Å². The van der Waals surface area contributed by atoms with Crippen molar-refractivity contribution in [1.29, 1.82) is 0 Å². The van der Waals surface area contributed by atoms with Crippen LogP contribution in [0.1, 0.15) is 82.0 Å². The van der Waals surface area contributed by atoms with Crippen LogP contribution in [0.25, 0.3) is 0 Å². The Morgan fingerprint density at radius 2 is 1.79 bits per heavy atom. The van der Waals surface area contributed by atoms with Gasteiger partial charge in [0, 0.05) is 19.7 Å². The smallest absolute Gasteiger partial charge is 0.253 e. The summed E-state index contributed by atoms with van der Waals surface area (Å²) in [5, 5.41) is 0. The highest BCUT2D eigenvalue weighted by Gasteiger charge is 2.45. The highest BCUT2D eigenvalue weighted by atomic mass is 16.5. The first-order chi connectivity index (χ1) is 13.8. The molecule has 2 fully saturated rings. The molecule has 0 bridgehead atoms. The van der Waals surface area contributed by atoms with Gasteiger partial charge in [0.05, 0.1) is 18.8 Å². The van der Waals surface area contributed by atoms with E-state index >= 15 is 0 Å². The van der Waals surface area contributed by atoms with Gasteiger partial charge in [-0.2, -0.15) is 0 Å². The third kappa shape index (κ3) is 6.21. The van der Waals surface area contributed by atoms with Crippen LogP contribution >= 0.6 is 0 Å². The Balaban J connectivity index is 1.26. The molecule has 0 unspecified atom stereocenters. The Kier molecular flexibility index (Phi) is 7.26. The second-order valence-corrected chi connectivity index (χ2v) is 10.2. The number of nitrogens with zero attached hydrogens (tertiary/aromatic N) is 1. The fourth-order valence-electron chi connectivity index (χ4n) is 4.99. The van der Waals surface area contributed by atoms with E-state index in [1.807, 2.05) is 24.3 Å². The molecular weight excluding hydrogens is 362 g/mol. The topological polar surface area (TPSA) is 38.8 Å². The zero-order valence-corrected chi connectivity index (χ0v) is 18.8. The number of benzene rings is 1. The lowest BCUT2D eigenvalue weighted by Gasteiger charge is -2.37.